The summed E-state index contributed by atoms with van der Waals surface area (Å²) < 4.78 is 0. The van der Waals surface area contributed by atoms with Crippen molar-refractivity contribution in [1.29, 1.82) is 0 Å². The van der Waals surface area contributed by atoms with E-state index in [-0.39, 0.29) is 18.5 Å². The number of unbranched alkanes of at least 4 members (excludes halogenated alkanes) is 1. The fraction of sp³-hybridized carbons (Fsp3) is 0.727. The van der Waals surface area contributed by atoms with Gasteiger partial charge in [0.2, 0.25) is 17.8 Å². The van der Waals surface area contributed by atoms with Gasteiger partial charge in [0.1, 0.15) is 0 Å². The van der Waals surface area contributed by atoms with Crippen molar-refractivity contribution in [2.75, 3.05) is 29.9 Å². The molecule has 106 valence electrons. The van der Waals surface area contributed by atoms with Crippen LogP contribution >= 0.6 is 0 Å². The average molecular weight is 258 g/mol. The van der Waals surface area contributed by atoms with Crippen molar-refractivity contribution in [3.63, 3.8) is 0 Å². The van der Waals surface area contributed by atoms with Crippen LogP contribution in [0.15, 0.2) is 0 Å². The Hall–Kier alpha value is -1.63. The lowest BCUT2D eigenvalue weighted by molar-refractivity contribution is 0.286. The van der Waals surface area contributed by atoms with Crippen LogP contribution in [0.5, 0.6) is 0 Å². The lowest BCUT2D eigenvalue weighted by Gasteiger charge is -2.04. The molecule has 0 radical (unpaired) electrons. The molecule has 0 aromatic carbocycles. The molecule has 0 amide bonds. The van der Waals surface area contributed by atoms with E-state index in [1.807, 2.05) is 27.7 Å². The molecular weight excluding hydrogens is 232 g/mol. The summed E-state index contributed by atoms with van der Waals surface area (Å²) in [7, 11) is 0. The van der Waals surface area contributed by atoms with Crippen molar-refractivity contribution in [3.8, 4) is 0 Å². The summed E-state index contributed by atoms with van der Waals surface area (Å²) in [4.78, 5) is 11.3. The Bertz CT molecular complexity index is 275. The summed E-state index contributed by atoms with van der Waals surface area (Å²) in [6.45, 7) is 8.85. The van der Waals surface area contributed by atoms with Gasteiger partial charge < -0.3 is 21.9 Å². The zero-order valence-corrected chi connectivity index (χ0v) is 11.8. The Kier molecular flexibility index (Phi) is 14.0. The lowest BCUT2D eigenvalue weighted by Crippen LogP contribution is -2.10. The van der Waals surface area contributed by atoms with Crippen molar-refractivity contribution in [3.05, 3.63) is 0 Å². The molecule has 0 spiro atoms. The quantitative estimate of drug-likeness (QED) is 0.586. The molecule has 0 aliphatic heterocycles. The molecule has 18 heavy (non-hydrogen) atoms. The summed E-state index contributed by atoms with van der Waals surface area (Å²) in [6, 6.07) is 0. The number of nitrogen functional groups attached to an aromatic ring is 2. The van der Waals surface area contributed by atoms with E-state index in [2.05, 4.69) is 20.3 Å². The fourth-order valence-electron chi connectivity index (χ4n) is 0.925. The Morgan fingerprint density at radius 3 is 1.89 bits per heavy atom. The van der Waals surface area contributed by atoms with Crippen LogP contribution in [0.4, 0.5) is 17.8 Å². The summed E-state index contributed by atoms with van der Waals surface area (Å²) in [5.41, 5.74) is 10.7. The summed E-state index contributed by atoms with van der Waals surface area (Å²) >= 11 is 0. The number of hydrogen-bond acceptors (Lipinski definition) is 7. The van der Waals surface area contributed by atoms with Crippen molar-refractivity contribution in [2.45, 2.75) is 40.5 Å². The molecule has 0 bridgehead atoms. The number of hydrogen-bond donors (Lipinski definition) is 4. The number of aliphatic hydroxyl groups is 1. The van der Waals surface area contributed by atoms with Gasteiger partial charge >= 0.3 is 0 Å². The van der Waals surface area contributed by atoms with E-state index in [0.717, 1.165) is 12.8 Å². The zero-order valence-electron chi connectivity index (χ0n) is 11.8. The highest BCUT2D eigenvalue weighted by molar-refractivity contribution is 5.36. The number of aliphatic hydroxyl groups excluding tert-OH is 1. The largest absolute Gasteiger partial charge is 0.396 e. The van der Waals surface area contributed by atoms with E-state index < -0.39 is 0 Å². The molecule has 0 aliphatic rings. The first-order chi connectivity index (χ1) is 8.72. The highest BCUT2D eigenvalue weighted by Gasteiger charge is 1.99. The average Bonchev–Trinajstić information content (AvgIpc) is 2.38. The first kappa shape index (κ1) is 18.7. The van der Waals surface area contributed by atoms with E-state index in [1.165, 1.54) is 0 Å². The van der Waals surface area contributed by atoms with Gasteiger partial charge in [-0.25, -0.2) is 0 Å². The summed E-state index contributed by atoms with van der Waals surface area (Å²) in [5.74, 6) is 0.567. The molecule has 1 aromatic rings. The smallest absolute Gasteiger partial charge is 0.229 e. The van der Waals surface area contributed by atoms with Crippen LogP contribution in [0.2, 0.25) is 0 Å². The molecule has 0 fully saturated rings. The van der Waals surface area contributed by atoms with Gasteiger partial charge in [-0.15, -0.1) is 0 Å². The minimum Gasteiger partial charge on any atom is -0.396 e. The normalized spacial score (nSPS) is 8.50. The molecule has 0 unspecified atom stereocenters. The monoisotopic (exact) mass is 258 g/mol. The maximum Gasteiger partial charge on any atom is 0.229 e. The van der Waals surface area contributed by atoms with E-state index >= 15 is 0 Å². The molecule has 1 aromatic heterocycles. The first-order valence-corrected chi connectivity index (χ1v) is 6.34. The van der Waals surface area contributed by atoms with Gasteiger partial charge in [0.25, 0.3) is 0 Å². The van der Waals surface area contributed by atoms with Crippen LogP contribution in [0.25, 0.3) is 0 Å². The predicted molar refractivity (Wildman–Crippen MR) is 76.2 cm³/mol. The molecule has 7 nitrogen and oxygen atoms in total. The number of nitrogens with two attached hydrogens (primary N) is 2. The van der Waals surface area contributed by atoms with E-state index in [0.29, 0.717) is 12.5 Å². The second-order valence-corrected chi connectivity index (χ2v) is 2.73. The highest BCUT2D eigenvalue weighted by atomic mass is 16.2. The van der Waals surface area contributed by atoms with Crippen LogP contribution < -0.4 is 16.8 Å². The number of anilines is 3. The molecule has 0 atom stereocenters. The molecule has 0 saturated carbocycles. The van der Waals surface area contributed by atoms with Gasteiger partial charge in [0.15, 0.2) is 0 Å². The lowest BCUT2D eigenvalue weighted by atomic mass is 10.3. The molecule has 0 saturated heterocycles. The predicted octanol–water partition coefficient (Wildman–Crippen LogP) is 1.27. The van der Waals surface area contributed by atoms with Crippen molar-refractivity contribution < 1.29 is 5.11 Å². The van der Waals surface area contributed by atoms with Crippen molar-refractivity contribution in [1.82, 2.24) is 15.0 Å². The van der Waals surface area contributed by atoms with Gasteiger partial charge in [-0.05, 0) is 12.8 Å². The van der Waals surface area contributed by atoms with Gasteiger partial charge in [0, 0.05) is 13.2 Å². The van der Waals surface area contributed by atoms with Gasteiger partial charge in [-0.1, -0.05) is 27.7 Å². The molecule has 6 N–H and O–H groups in total. The number of aromatic nitrogens is 3. The maximum absolute atomic E-state index is 8.54. The zero-order chi connectivity index (χ0) is 14.4. The SMILES string of the molecule is CC.CC.Nc1nc(N)nc(NCCCCO)n1. The van der Waals surface area contributed by atoms with Crippen LogP contribution in [0.3, 0.4) is 0 Å². The standard InChI is InChI=1S/C7H14N6O.2C2H6/c8-5-11-6(9)13-7(12-5)10-3-1-2-4-14;2*1-2/h14H,1-4H2,(H5,8,9,10,11,12,13);2*1-2H3. The third-order valence-corrected chi connectivity index (χ3v) is 1.54. The maximum atomic E-state index is 8.54. The third kappa shape index (κ3) is 9.59. The molecule has 0 aliphatic carbocycles. The van der Waals surface area contributed by atoms with Gasteiger partial charge in [0.05, 0.1) is 0 Å². The molecular formula is C11H26N6O. The second kappa shape index (κ2) is 13.4. The highest BCUT2D eigenvalue weighted by Crippen LogP contribution is 2.03. The Balaban J connectivity index is 0. The Labute approximate surface area is 109 Å². The molecule has 7 heteroatoms. The minimum absolute atomic E-state index is 0.0992. The Morgan fingerprint density at radius 1 is 0.944 bits per heavy atom. The van der Waals surface area contributed by atoms with E-state index in [4.69, 9.17) is 16.6 Å². The number of nitrogens with one attached hydrogen (secondary N) is 1. The van der Waals surface area contributed by atoms with Crippen LogP contribution in [0.1, 0.15) is 40.5 Å². The van der Waals surface area contributed by atoms with Crippen LogP contribution in [-0.4, -0.2) is 33.2 Å². The number of rotatable bonds is 5. The summed E-state index contributed by atoms with van der Waals surface area (Å²) in [6.07, 6.45) is 1.57. The minimum atomic E-state index is 0.0992. The summed E-state index contributed by atoms with van der Waals surface area (Å²) in [5, 5.41) is 11.5. The van der Waals surface area contributed by atoms with Crippen molar-refractivity contribution >= 4 is 17.8 Å². The van der Waals surface area contributed by atoms with Gasteiger partial charge in [-0.3, -0.25) is 0 Å². The number of nitrogens with zero attached hydrogens (tertiary/aromatic N) is 3. The van der Waals surface area contributed by atoms with Crippen molar-refractivity contribution in [2.24, 2.45) is 0 Å². The van der Waals surface area contributed by atoms with Crippen LogP contribution in [-0.2, 0) is 0 Å². The van der Waals surface area contributed by atoms with Gasteiger partial charge in [-0.2, -0.15) is 15.0 Å². The first-order valence-electron chi connectivity index (χ1n) is 6.34. The molecule has 1 heterocycles. The van der Waals surface area contributed by atoms with E-state index in [1.54, 1.807) is 0 Å². The Morgan fingerprint density at radius 2 is 1.44 bits per heavy atom. The third-order valence-electron chi connectivity index (χ3n) is 1.54. The fourth-order valence-corrected chi connectivity index (χ4v) is 0.925. The molecule has 1 rings (SSSR count). The second-order valence-electron chi connectivity index (χ2n) is 2.73. The van der Waals surface area contributed by atoms with E-state index in [9.17, 15) is 0 Å². The van der Waals surface area contributed by atoms with Crippen LogP contribution in [0, 0.1) is 0 Å². The topological polar surface area (TPSA) is 123 Å².